The van der Waals surface area contributed by atoms with E-state index in [1.54, 1.807) is 7.05 Å². The highest BCUT2D eigenvalue weighted by molar-refractivity contribution is 5.96. The average Bonchev–Trinajstić information content (AvgIpc) is 2.42. The van der Waals surface area contributed by atoms with E-state index in [2.05, 4.69) is 10.3 Å². The Bertz CT molecular complexity index is 598. The van der Waals surface area contributed by atoms with Crippen LogP contribution in [0.25, 0.3) is 0 Å². The molecule has 3 amide bonds. The Kier molecular flexibility index (Phi) is 4.59. The van der Waals surface area contributed by atoms with Crippen LogP contribution in [0.2, 0.25) is 0 Å². The summed E-state index contributed by atoms with van der Waals surface area (Å²) in [5.74, 6) is -1.68. The predicted molar refractivity (Wildman–Crippen MR) is 76.7 cm³/mol. The van der Waals surface area contributed by atoms with Crippen molar-refractivity contribution in [3.63, 3.8) is 0 Å². The molecule has 1 aromatic heterocycles. The molecule has 0 aliphatic heterocycles. The Morgan fingerprint density at radius 2 is 2.14 bits per heavy atom. The van der Waals surface area contributed by atoms with Crippen LogP contribution in [0.4, 0.5) is 0 Å². The lowest BCUT2D eigenvalue weighted by Gasteiger charge is -2.39. The van der Waals surface area contributed by atoms with E-state index >= 15 is 0 Å². The largest absolute Gasteiger partial charge is 0.505 e. The van der Waals surface area contributed by atoms with Crippen molar-refractivity contribution in [2.45, 2.75) is 18.9 Å². The van der Waals surface area contributed by atoms with E-state index in [-0.39, 0.29) is 41.8 Å². The smallest absolute Gasteiger partial charge is 0.274 e. The normalized spacial score (nSPS) is 19.9. The van der Waals surface area contributed by atoms with Gasteiger partial charge in [0.1, 0.15) is 5.75 Å². The molecule has 0 radical (unpaired) electrons. The number of amides is 3. The molecule has 1 aliphatic carbocycles. The van der Waals surface area contributed by atoms with Gasteiger partial charge in [0.05, 0.1) is 6.54 Å². The summed E-state index contributed by atoms with van der Waals surface area (Å²) in [6.07, 6.45) is 2.47. The number of nitrogens with zero attached hydrogens (tertiary/aromatic N) is 2. The van der Waals surface area contributed by atoms with Gasteiger partial charge < -0.3 is 21.1 Å². The molecule has 118 valence electrons. The lowest BCUT2D eigenvalue weighted by Crippen LogP contribution is -2.51. The first-order valence-electron chi connectivity index (χ1n) is 6.87. The van der Waals surface area contributed by atoms with Gasteiger partial charge in [0.2, 0.25) is 11.8 Å². The number of aromatic hydroxyl groups is 1. The van der Waals surface area contributed by atoms with Crippen molar-refractivity contribution in [1.82, 2.24) is 15.2 Å². The van der Waals surface area contributed by atoms with Crippen molar-refractivity contribution in [1.29, 1.82) is 0 Å². The van der Waals surface area contributed by atoms with Gasteiger partial charge in [0.15, 0.2) is 5.69 Å². The van der Waals surface area contributed by atoms with Gasteiger partial charge in [-0.1, -0.05) is 0 Å². The standard InChI is InChI=1S/C14H18N4O4/c1-18(9-5-8(6-9)13(15)21)11(20)7-17-14(22)12-10(19)3-2-4-16-12/h2-4,8-9,19H,5-7H2,1H3,(H2,15,21)(H,17,22). The molecule has 1 heterocycles. The van der Waals surface area contributed by atoms with Crippen molar-refractivity contribution in [2.24, 2.45) is 11.7 Å². The third-order valence-corrected chi connectivity index (χ3v) is 3.86. The first-order chi connectivity index (χ1) is 10.4. The van der Waals surface area contributed by atoms with Crippen molar-refractivity contribution in [3.05, 3.63) is 24.0 Å². The number of pyridine rings is 1. The SMILES string of the molecule is CN(C(=O)CNC(=O)c1ncccc1O)C1CC(C(N)=O)C1. The number of carbonyl (C=O) groups excluding carboxylic acids is 3. The quantitative estimate of drug-likeness (QED) is 0.659. The van der Waals surface area contributed by atoms with Gasteiger partial charge in [0, 0.05) is 25.2 Å². The van der Waals surface area contributed by atoms with E-state index < -0.39 is 5.91 Å². The molecule has 8 nitrogen and oxygen atoms in total. The van der Waals surface area contributed by atoms with Crippen LogP contribution in [0, 0.1) is 5.92 Å². The highest BCUT2D eigenvalue weighted by atomic mass is 16.3. The van der Waals surface area contributed by atoms with Gasteiger partial charge >= 0.3 is 0 Å². The summed E-state index contributed by atoms with van der Waals surface area (Å²) in [5, 5.41) is 11.9. The van der Waals surface area contributed by atoms with Crippen molar-refractivity contribution in [3.8, 4) is 5.75 Å². The first-order valence-corrected chi connectivity index (χ1v) is 6.87. The fourth-order valence-electron chi connectivity index (χ4n) is 2.28. The van der Waals surface area contributed by atoms with Crippen LogP contribution in [-0.2, 0) is 9.59 Å². The molecular formula is C14H18N4O4. The van der Waals surface area contributed by atoms with Gasteiger partial charge in [-0.05, 0) is 25.0 Å². The van der Waals surface area contributed by atoms with E-state index in [9.17, 15) is 19.5 Å². The molecule has 1 saturated carbocycles. The number of hydrogen-bond acceptors (Lipinski definition) is 5. The van der Waals surface area contributed by atoms with Crippen molar-refractivity contribution < 1.29 is 19.5 Å². The second-order valence-corrected chi connectivity index (χ2v) is 5.28. The predicted octanol–water partition coefficient (Wildman–Crippen LogP) is -0.761. The third-order valence-electron chi connectivity index (χ3n) is 3.86. The minimum Gasteiger partial charge on any atom is -0.505 e. The van der Waals surface area contributed by atoms with Gasteiger partial charge in [-0.3, -0.25) is 14.4 Å². The Morgan fingerprint density at radius 3 is 2.73 bits per heavy atom. The molecule has 0 spiro atoms. The molecule has 0 bridgehead atoms. The highest BCUT2D eigenvalue weighted by Crippen LogP contribution is 2.30. The Morgan fingerprint density at radius 1 is 1.45 bits per heavy atom. The van der Waals surface area contributed by atoms with Gasteiger partial charge in [-0.2, -0.15) is 0 Å². The Balaban J connectivity index is 1.82. The summed E-state index contributed by atoms with van der Waals surface area (Å²) < 4.78 is 0. The maximum absolute atomic E-state index is 12.0. The van der Waals surface area contributed by atoms with Gasteiger partial charge in [0.25, 0.3) is 5.91 Å². The minimum atomic E-state index is -0.622. The average molecular weight is 306 g/mol. The number of nitrogens with one attached hydrogen (secondary N) is 1. The number of rotatable bonds is 5. The van der Waals surface area contributed by atoms with E-state index in [0.29, 0.717) is 12.8 Å². The monoisotopic (exact) mass is 306 g/mol. The molecule has 22 heavy (non-hydrogen) atoms. The lowest BCUT2D eigenvalue weighted by atomic mass is 9.79. The maximum Gasteiger partial charge on any atom is 0.274 e. The van der Waals surface area contributed by atoms with E-state index in [0.717, 1.165) is 0 Å². The summed E-state index contributed by atoms with van der Waals surface area (Å²) in [6.45, 7) is -0.205. The number of aromatic nitrogens is 1. The van der Waals surface area contributed by atoms with Crippen LogP contribution in [0.1, 0.15) is 23.3 Å². The number of nitrogens with two attached hydrogens (primary N) is 1. The summed E-state index contributed by atoms with van der Waals surface area (Å²) in [4.78, 5) is 40.0. The zero-order valence-electron chi connectivity index (χ0n) is 12.2. The van der Waals surface area contributed by atoms with Crippen LogP contribution in [-0.4, -0.2) is 52.3 Å². The lowest BCUT2D eigenvalue weighted by molar-refractivity contribution is -0.137. The molecule has 0 unspecified atom stereocenters. The zero-order valence-corrected chi connectivity index (χ0v) is 12.2. The van der Waals surface area contributed by atoms with Crippen molar-refractivity contribution >= 4 is 17.7 Å². The second-order valence-electron chi connectivity index (χ2n) is 5.28. The molecular weight excluding hydrogens is 288 g/mol. The number of primary amides is 1. The summed E-state index contributed by atoms with van der Waals surface area (Å²) >= 11 is 0. The molecule has 1 aliphatic rings. The van der Waals surface area contributed by atoms with Crippen LogP contribution in [0.5, 0.6) is 5.75 Å². The van der Waals surface area contributed by atoms with Crippen LogP contribution < -0.4 is 11.1 Å². The topological polar surface area (TPSA) is 126 Å². The Labute approximate surface area is 127 Å². The minimum absolute atomic E-state index is 0.0369. The van der Waals surface area contributed by atoms with Crippen molar-refractivity contribution in [2.75, 3.05) is 13.6 Å². The molecule has 1 aromatic rings. The maximum atomic E-state index is 12.0. The molecule has 0 aromatic carbocycles. The van der Waals surface area contributed by atoms with Gasteiger partial charge in [-0.15, -0.1) is 0 Å². The van der Waals surface area contributed by atoms with Crippen LogP contribution >= 0.6 is 0 Å². The fourth-order valence-corrected chi connectivity index (χ4v) is 2.28. The second kappa shape index (κ2) is 6.42. The highest BCUT2D eigenvalue weighted by Gasteiger charge is 2.37. The molecule has 0 saturated heterocycles. The molecule has 8 heteroatoms. The van der Waals surface area contributed by atoms with Crippen LogP contribution in [0.3, 0.4) is 0 Å². The Hall–Kier alpha value is -2.64. The zero-order chi connectivity index (χ0) is 16.3. The molecule has 1 fully saturated rings. The number of hydrogen-bond donors (Lipinski definition) is 3. The summed E-state index contributed by atoms with van der Waals surface area (Å²) in [7, 11) is 1.62. The number of likely N-dealkylation sites (N-methyl/N-ethyl adjacent to an activating group) is 1. The third kappa shape index (κ3) is 3.33. The first kappa shape index (κ1) is 15.7. The van der Waals surface area contributed by atoms with E-state index in [1.165, 1.54) is 23.2 Å². The summed E-state index contributed by atoms with van der Waals surface area (Å²) in [6, 6.07) is 2.80. The number of carbonyl (C=O) groups is 3. The molecule has 2 rings (SSSR count). The van der Waals surface area contributed by atoms with E-state index in [1.807, 2.05) is 0 Å². The molecule has 0 atom stereocenters. The van der Waals surface area contributed by atoms with Crippen LogP contribution in [0.15, 0.2) is 18.3 Å². The van der Waals surface area contributed by atoms with Gasteiger partial charge in [-0.25, -0.2) is 4.98 Å². The summed E-state index contributed by atoms with van der Waals surface area (Å²) in [5.41, 5.74) is 5.05. The fraction of sp³-hybridized carbons (Fsp3) is 0.429. The molecule has 4 N–H and O–H groups in total. The van der Waals surface area contributed by atoms with E-state index in [4.69, 9.17) is 5.73 Å².